The number of halogens is 1. The molecule has 0 atom stereocenters. The van der Waals surface area contributed by atoms with Crippen LogP contribution in [0, 0.1) is 10.5 Å². The summed E-state index contributed by atoms with van der Waals surface area (Å²) in [6, 6.07) is 0. The molecule has 2 heterocycles. The van der Waals surface area contributed by atoms with Gasteiger partial charge in [-0.15, -0.1) is 0 Å². The lowest BCUT2D eigenvalue weighted by Gasteiger charge is -2.02. The topological polar surface area (TPSA) is 93.8 Å². The van der Waals surface area contributed by atoms with Gasteiger partial charge in [-0.2, -0.15) is 0 Å². The van der Waals surface area contributed by atoms with Crippen LogP contribution in [0.1, 0.15) is 11.4 Å². The molecule has 7 nitrogen and oxygen atoms in total. The van der Waals surface area contributed by atoms with Gasteiger partial charge in [-0.25, -0.2) is 9.42 Å². The molecule has 0 amide bonds. The number of rotatable bonds is 2. The van der Waals surface area contributed by atoms with Gasteiger partial charge in [-0.1, -0.05) is 10.3 Å². The molecular formula is C8H7IN4O3. The highest BCUT2D eigenvalue weighted by Crippen LogP contribution is 2.02. The summed E-state index contributed by atoms with van der Waals surface area (Å²) in [6.45, 7) is 1.95. The average molecular weight is 334 g/mol. The number of aromatic amines is 1. The molecule has 2 aromatic rings. The van der Waals surface area contributed by atoms with Gasteiger partial charge in [-0.3, -0.25) is 14.3 Å². The fraction of sp³-hybridized carbons (Fsp3) is 0.250. The zero-order valence-corrected chi connectivity index (χ0v) is 10.4. The summed E-state index contributed by atoms with van der Waals surface area (Å²) >= 11 is 1.85. The molecule has 0 aliphatic carbocycles. The quantitative estimate of drug-likeness (QED) is 0.773. The third-order valence-corrected chi connectivity index (χ3v) is 2.80. The first-order valence-corrected chi connectivity index (χ1v) is 5.43. The van der Waals surface area contributed by atoms with Gasteiger partial charge in [0.25, 0.3) is 5.56 Å². The van der Waals surface area contributed by atoms with Gasteiger partial charge in [0.2, 0.25) is 0 Å². The van der Waals surface area contributed by atoms with Crippen LogP contribution in [0.15, 0.2) is 20.4 Å². The second-order valence-electron chi connectivity index (χ2n) is 3.16. The van der Waals surface area contributed by atoms with E-state index in [9.17, 15) is 9.59 Å². The van der Waals surface area contributed by atoms with E-state index in [1.165, 1.54) is 10.8 Å². The van der Waals surface area contributed by atoms with Crippen LogP contribution in [-0.2, 0) is 6.54 Å². The summed E-state index contributed by atoms with van der Waals surface area (Å²) in [5.41, 5.74) is 0.308. The molecule has 0 radical (unpaired) electrons. The van der Waals surface area contributed by atoms with Gasteiger partial charge in [0.05, 0.1) is 10.1 Å². The van der Waals surface area contributed by atoms with Crippen molar-refractivity contribution in [3.05, 3.63) is 42.0 Å². The van der Waals surface area contributed by atoms with Gasteiger partial charge >= 0.3 is 5.69 Å². The van der Waals surface area contributed by atoms with Crippen molar-refractivity contribution >= 4 is 22.6 Å². The predicted octanol–water partition coefficient (Wildman–Crippen LogP) is -0.119. The fourth-order valence-corrected chi connectivity index (χ4v) is 1.63. The van der Waals surface area contributed by atoms with Crippen LogP contribution in [0.3, 0.4) is 0 Å². The third kappa shape index (κ3) is 2.05. The van der Waals surface area contributed by atoms with Gasteiger partial charge in [-0.05, 0) is 29.5 Å². The first kappa shape index (κ1) is 11.0. The second kappa shape index (κ2) is 4.20. The lowest BCUT2D eigenvalue weighted by Crippen LogP contribution is -2.31. The van der Waals surface area contributed by atoms with Crippen molar-refractivity contribution in [3.8, 4) is 0 Å². The van der Waals surface area contributed by atoms with Gasteiger partial charge in [0.1, 0.15) is 11.4 Å². The maximum absolute atomic E-state index is 11.5. The van der Waals surface area contributed by atoms with Gasteiger partial charge in [0, 0.05) is 6.20 Å². The van der Waals surface area contributed by atoms with Gasteiger partial charge in [0.15, 0.2) is 0 Å². The maximum atomic E-state index is 11.5. The summed E-state index contributed by atoms with van der Waals surface area (Å²) in [4.78, 5) is 24.8. The Hall–Kier alpha value is -1.45. The molecule has 16 heavy (non-hydrogen) atoms. The van der Waals surface area contributed by atoms with Crippen LogP contribution in [-0.4, -0.2) is 19.9 Å². The molecule has 8 heteroatoms. The highest BCUT2D eigenvalue weighted by atomic mass is 127. The molecule has 0 aliphatic heterocycles. The predicted molar refractivity (Wildman–Crippen MR) is 62.2 cm³/mol. The smallest absolute Gasteiger partial charge is 0.293 e. The third-order valence-electron chi connectivity index (χ3n) is 2.03. The largest absolute Gasteiger partial charge is 0.328 e. The Morgan fingerprint density at radius 2 is 2.25 bits per heavy atom. The zero-order valence-electron chi connectivity index (χ0n) is 8.23. The van der Waals surface area contributed by atoms with Crippen molar-refractivity contribution in [3.63, 3.8) is 0 Å². The minimum absolute atomic E-state index is 0.223. The number of aryl methyl sites for hydroxylation is 1. The molecule has 0 spiro atoms. The summed E-state index contributed by atoms with van der Waals surface area (Å²) in [7, 11) is 0. The highest BCUT2D eigenvalue weighted by molar-refractivity contribution is 14.1. The first-order valence-electron chi connectivity index (χ1n) is 4.35. The Morgan fingerprint density at radius 3 is 2.88 bits per heavy atom. The summed E-state index contributed by atoms with van der Waals surface area (Å²) in [5, 5.41) is 7.27. The Bertz CT molecular complexity index is 627. The fourth-order valence-electron chi connectivity index (χ4n) is 1.15. The molecule has 0 aliphatic rings. The number of hydrogen-bond acceptors (Lipinski definition) is 5. The summed E-state index contributed by atoms with van der Waals surface area (Å²) in [6.07, 6.45) is 1.47. The average Bonchev–Trinajstić information content (AvgIpc) is 2.61. The van der Waals surface area contributed by atoms with Crippen molar-refractivity contribution in [1.29, 1.82) is 0 Å². The molecular weight excluding hydrogens is 327 g/mol. The monoisotopic (exact) mass is 334 g/mol. The van der Waals surface area contributed by atoms with Gasteiger partial charge < -0.3 is 0 Å². The Morgan fingerprint density at radius 1 is 1.50 bits per heavy atom. The van der Waals surface area contributed by atoms with Crippen molar-refractivity contribution in [2.75, 3.05) is 0 Å². The highest BCUT2D eigenvalue weighted by Gasteiger charge is 2.08. The SMILES string of the molecule is Cc1nonc1Cn1cc(I)c(=O)[nH]c1=O. The lowest BCUT2D eigenvalue weighted by atomic mass is 10.3. The molecule has 0 unspecified atom stereocenters. The first-order chi connectivity index (χ1) is 7.58. The number of nitrogens with zero attached hydrogens (tertiary/aromatic N) is 3. The molecule has 0 saturated carbocycles. The second-order valence-corrected chi connectivity index (χ2v) is 4.32. The summed E-state index contributed by atoms with van der Waals surface area (Å²) < 4.78 is 6.30. The van der Waals surface area contributed by atoms with E-state index < -0.39 is 11.2 Å². The molecule has 0 fully saturated rings. The van der Waals surface area contributed by atoms with Crippen LogP contribution in [0.4, 0.5) is 0 Å². The van der Waals surface area contributed by atoms with Crippen LogP contribution in [0.25, 0.3) is 0 Å². The van der Waals surface area contributed by atoms with Crippen molar-refractivity contribution < 1.29 is 4.63 Å². The molecule has 0 bridgehead atoms. The molecule has 84 valence electrons. The maximum Gasteiger partial charge on any atom is 0.328 e. The van der Waals surface area contributed by atoms with E-state index in [-0.39, 0.29) is 6.54 Å². The standard InChI is InChI=1S/C8H7IN4O3/c1-4-6(12-16-11-4)3-13-2-5(9)7(14)10-8(13)15/h2H,3H2,1H3,(H,10,14,15). The van der Waals surface area contributed by atoms with Crippen LogP contribution in [0.5, 0.6) is 0 Å². The normalized spacial score (nSPS) is 10.6. The Balaban J connectivity index is 2.43. The minimum atomic E-state index is -0.479. The van der Waals surface area contributed by atoms with Crippen LogP contribution >= 0.6 is 22.6 Å². The van der Waals surface area contributed by atoms with E-state index in [2.05, 4.69) is 19.9 Å². The number of H-pyrrole nitrogens is 1. The van der Waals surface area contributed by atoms with E-state index in [0.717, 1.165) is 0 Å². The molecule has 2 rings (SSSR count). The van der Waals surface area contributed by atoms with E-state index >= 15 is 0 Å². The van der Waals surface area contributed by atoms with E-state index in [4.69, 9.17) is 0 Å². The summed E-state index contributed by atoms with van der Waals surface area (Å²) in [5.74, 6) is 0. The van der Waals surface area contributed by atoms with Crippen LogP contribution < -0.4 is 11.2 Å². The Kier molecular flexibility index (Phi) is 2.90. The van der Waals surface area contributed by atoms with E-state index in [1.807, 2.05) is 22.6 Å². The van der Waals surface area contributed by atoms with Crippen molar-refractivity contribution in [2.24, 2.45) is 0 Å². The van der Waals surface area contributed by atoms with E-state index in [0.29, 0.717) is 15.0 Å². The number of nitrogens with one attached hydrogen (secondary N) is 1. The number of aromatic nitrogens is 4. The molecule has 0 aromatic carbocycles. The number of hydrogen-bond donors (Lipinski definition) is 1. The van der Waals surface area contributed by atoms with Crippen molar-refractivity contribution in [1.82, 2.24) is 19.9 Å². The molecule has 0 saturated heterocycles. The Labute approximate surface area is 103 Å². The molecule has 1 N–H and O–H groups in total. The van der Waals surface area contributed by atoms with Crippen LogP contribution in [0.2, 0.25) is 0 Å². The lowest BCUT2D eigenvalue weighted by molar-refractivity contribution is 0.300. The van der Waals surface area contributed by atoms with Crippen molar-refractivity contribution in [2.45, 2.75) is 13.5 Å². The zero-order chi connectivity index (χ0) is 11.7. The molecule has 2 aromatic heterocycles. The van der Waals surface area contributed by atoms with E-state index in [1.54, 1.807) is 6.92 Å². The minimum Gasteiger partial charge on any atom is -0.293 e.